The Hall–Kier alpha value is -1.05. The number of anilines is 1. The maximum atomic E-state index is 12.9. The third kappa shape index (κ3) is 2.06. The predicted octanol–water partition coefficient (Wildman–Crippen LogP) is 3.43. The largest absolute Gasteiger partial charge is 0.382 e. The molecule has 0 radical (unpaired) electrons. The molecule has 0 bridgehead atoms. The Morgan fingerprint density at radius 3 is 2.86 bits per heavy atom. The van der Waals surface area contributed by atoms with Crippen LogP contribution < -0.4 is 5.32 Å². The van der Waals surface area contributed by atoms with Gasteiger partial charge in [-0.15, -0.1) is 0 Å². The maximum absolute atomic E-state index is 12.9. The number of nitrogens with one attached hydrogen (secondary N) is 1. The summed E-state index contributed by atoms with van der Waals surface area (Å²) in [4.78, 5) is 0. The summed E-state index contributed by atoms with van der Waals surface area (Å²) in [5.41, 5.74) is 0.906. The van der Waals surface area contributed by atoms with Gasteiger partial charge < -0.3 is 5.32 Å². The van der Waals surface area contributed by atoms with Crippen molar-refractivity contribution in [1.29, 1.82) is 0 Å². The molecule has 0 aliphatic heterocycles. The number of benzene rings is 1. The molecule has 1 nitrogen and oxygen atoms in total. The fourth-order valence-electron chi connectivity index (χ4n) is 2.15. The molecule has 2 atom stereocenters. The van der Waals surface area contributed by atoms with Crippen molar-refractivity contribution in [2.24, 2.45) is 5.92 Å². The van der Waals surface area contributed by atoms with Gasteiger partial charge >= 0.3 is 0 Å². The van der Waals surface area contributed by atoms with E-state index in [0.29, 0.717) is 12.0 Å². The Morgan fingerprint density at radius 1 is 1.36 bits per heavy atom. The lowest BCUT2D eigenvalue weighted by molar-refractivity contribution is 0.555. The quantitative estimate of drug-likeness (QED) is 0.758. The number of rotatable bonds is 2. The summed E-state index contributed by atoms with van der Waals surface area (Å²) in [6.07, 6.45) is 3.78. The molecule has 0 heterocycles. The first-order chi connectivity index (χ1) is 6.75. The molecule has 1 N–H and O–H groups in total. The SMILES string of the molecule is C[C@H]1CCC[C@@H]1Nc1cccc(F)c1. The molecule has 0 aromatic heterocycles. The molecule has 1 aliphatic rings. The Kier molecular flexibility index (Phi) is 2.71. The standard InChI is InChI=1S/C12H16FN/c1-9-4-2-7-12(9)14-11-6-3-5-10(13)8-11/h3,5-6,8-9,12,14H,2,4,7H2,1H3/t9-,12-/m0/s1. The summed E-state index contributed by atoms with van der Waals surface area (Å²) in [6.45, 7) is 2.25. The molecular formula is C12H16FN. The van der Waals surface area contributed by atoms with Gasteiger partial charge in [-0.3, -0.25) is 0 Å². The monoisotopic (exact) mass is 193 g/mol. The number of hydrogen-bond acceptors (Lipinski definition) is 1. The highest BCUT2D eigenvalue weighted by Gasteiger charge is 2.22. The molecule has 2 rings (SSSR count). The second-order valence-corrected chi connectivity index (χ2v) is 4.17. The number of halogens is 1. The summed E-state index contributed by atoms with van der Waals surface area (Å²) >= 11 is 0. The average Bonchev–Trinajstić information content (AvgIpc) is 2.52. The van der Waals surface area contributed by atoms with Crippen molar-refractivity contribution >= 4 is 5.69 Å². The van der Waals surface area contributed by atoms with Gasteiger partial charge in [0.1, 0.15) is 5.82 Å². The van der Waals surface area contributed by atoms with Crippen LogP contribution in [0.5, 0.6) is 0 Å². The van der Waals surface area contributed by atoms with Crippen molar-refractivity contribution in [3.05, 3.63) is 30.1 Å². The van der Waals surface area contributed by atoms with E-state index in [0.717, 1.165) is 5.69 Å². The van der Waals surface area contributed by atoms with Gasteiger partial charge in [0.25, 0.3) is 0 Å². The lowest BCUT2D eigenvalue weighted by Gasteiger charge is -2.18. The highest BCUT2D eigenvalue weighted by molar-refractivity contribution is 5.44. The minimum atomic E-state index is -0.166. The van der Waals surface area contributed by atoms with Crippen molar-refractivity contribution in [2.45, 2.75) is 32.2 Å². The smallest absolute Gasteiger partial charge is 0.125 e. The van der Waals surface area contributed by atoms with E-state index in [1.165, 1.54) is 25.3 Å². The fraction of sp³-hybridized carbons (Fsp3) is 0.500. The van der Waals surface area contributed by atoms with Crippen molar-refractivity contribution in [3.63, 3.8) is 0 Å². The highest BCUT2D eigenvalue weighted by atomic mass is 19.1. The van der Waals surface area contributed by atoms with E-state index < -0.39 is 0 Å². The lowest BCUT2D eigenvalue weighted by atomic mass is 10.1. The normalized spacial score (nSPS) is 26.4. The molecule has 0 unspecified atom stereocenters. The zero-order valence-electron chi connectivity index (χ0n) is 8.46. The summed E-state index contributed by atoms with van der Waals surface area (Å²) in [5, 5.41) is 3.39. The van der Waals surface area contributed by atoms with Gasteiger partial charge in [-0.05, 0) is 37.0 Å². The second-order valence-electron chi connectivity index (χ2n) is 4.17. The molecular weight excluding hydrogens is 177 g/mol. The van der Waals surface area contributed by atoms with Crippen LogP contribution in [0.4, 0.5) is 10.1 Å². The molecule has 76 valence electrons. The first kappa shape index (κ1) is 9.50. The molecule has 0 amide bonds. The van der Waals surface area contributed by atoms with E-state index in [9.17, 15) is 4.39 Å². The van der Waals surface area contributed by atoms with Crippen LogP contribution in [0.2, 0.25) is 0 Å². The van der Waals surface area contributed by atoms with Crippen LogP contribution in [-0.2, 0) is 0 Å². The van der Waals surface area contributed by atoms with Crippen LogP contribution in [0.25, 0.3) is 0 Å². The zero-order chi connectivity index (χ0) is 9.97. The van der Waals surface area contributed by atoms with E-state index in [2.05, 4.69) is 12.2 Å². The van der Waals surface area contributed by atoms with Gasteiger partial charge in [0.05, 0.1) is 0 Å². The van der Waals surface area contributed by atoms with Gasteiger partial charge in [0, 0.05) is 11.7 Å². The first-order valence-corrected chi connectivity index (χ1v) is 5.28. The molecule has 1 aromatic rings. The fourth-order valence-corrected chi connectivity index (χ4v) is 2.15. The van der Waals surface area contributed by atoms with Gasteiger partial charge in [-0.1, -0.05) is 19.4 Å². The van der Waals surface area contributed by atoms with Crippen LogP contribution in [0, 0.1) is 11.7 Å². The summed E-state index contributed by atoms with van der Waals surface area (Å²) in [6, 6.07) is 7.23. The Balaban J connectivity index is 2.03. The van der Waals surface area contributed by atoms with Gasteiger partial charge in [0.15, 0.2) is 0 Å². The summed E-state index contributed by atoms with van der Waals surface area (Å²) < 4.78 is 12.9. The van der Waals surface area contributed by atoms with Crippen LogP contribution in [0.1, 0.15) is 26.2 Å². The molecule has 1 fully saturated rings. The second kappa shape index (κ2) is 3.99. The van der Waals surface area contributed by atoms with Crippen LogP contribution in [-0.4, -0.2) is 6.04 Å². The topological polar surface area (TPSA) is 12.0 Å². The third-order valence-electron chi connectivity index (χ3n) is 3.04. The van der Waals surface area contributed by atoms with E-state index in [1.54, 1.807) is 12.1 Å². The molecule has 0 saturated heterocycles. The lowest BCUT2D eigenvalue weighted by Crippen LogP contribution is -2.21. The maximum Gasteiger partial charge on any atom is 0.125 e. The Morgan fingerprint density at radius 2 is 2.21 bits per heavy atom. The van der Waals surface area contributed by atoms with Gasteiger partial charge in [-0.25, -0.2) is 4.39 Å². The van der Waals surface area contributed by atoms with E-state index >= 15 is 0 Å². The minimum absolute atomic E-state index is 0.166. The van der Waals surface area contributed by atoms with Crippen molar-refractivity contribution in [1.82, 2.24) is 0 Å². The van der Waals surface area contributed by atoms with Crippen molar-refractivity contribution in [3.8, 4) is 0 Å². The van der Waals surface area contributed by atoms with Crippen LogP contribution >= 0.6 is 0 Å². The van der Waals surface area contributed by atoms with Crippen LogP contribution in [0.3, 0.4) is 0 Å². The van der Waals surface area contributed by atoms with E-state index in [4.69, 9.17) is 0 Å². The van der Waals surface area contributed by atoms with Gasteiger partial charge in [-0.2, -0.15) is 0 Å². The Bertz CT molecular complexity index is 311. The summed E-state index contributed by atoms with van der Waals surface area (Å²) in [5.74, 6) is 0.541. The molecule has 2 heteroatoms. The van der Waals surface area contributed by atoms with E-state index in [1.807, 2.05) is 6.07 Å². The molecule has 0 spiro atoms. The van der Waals surface area contributed by atoms with Crippen molar-refractivity contribution in [2.75, 3.05) is 5.32 Å². The first-order valence-electron chi connectivity index (χ1n) is 5.28. The number of hydrogen-bond donors (Lipinski definition) is 1. The average molecular weight is 193 g/mol. The van der Waals surface area contributed by atoms with Crippen LogP contribution in [0.15, 0.2) is 24.3 Å². The zero-order valence-corrected chi connectivity index (χ0v) is 8.46. The Labute approximate surface area is 84.3 Å². The highest BCUT2D eigenvalue weighted by Crippen LogP contribution is 2.27. The van der Waals surface area contributed by atoms with Crippen molar-refractivity contribution < 1.29 is 4.39 Å². The molecule has 1 aliphatic carbocycles. The van der Waals surface area contributed by atoms with Gasteiger partial charge in [0.2, 0.25) is 0 Å². The predicted molar refractivity (Wildman–Crippen MR) is 56.8 cm³/mol. The van der Waals surface area contributed by atoms with E-state index in [-0.39, 0.29) is 5.82 Å². The molecule has 1 saturated carbocycles. The minimum Gasteiger partial charge on any atom is -0.382 e. The molecule has 1 aromatic carbocycles. The third-order valence-corrected chi connectivity index (χ3v) is 3.04. The summed E-state index contributed by atoms with van der Waals surface area (Å²) in [7, 11) is 0. The molecule has 14 heavy (non-hydrogen) atoms.